The van der Waals surface area contributed by atoms with Gasteiger partial charge in [-0.05, 0) is 41.2 Å². The standard InChI is InChI=1S/C24H29N5O2/c1-17(2)19-3-5-20(6-4-19)21-15-22-24(31)28(13-14-29(22)27-21)12-9-23(30)26-16-18-7-10-25-11-8-18/h3-8,10-11,13-14,17,21-22,27H,9,12,15-16H2,1-2H3,(H,26,30). The third-order valence-electron chi connectivity index (χ3n) is 5.90. The Labute approximate surface area is 183 Å². The number of hydrogen-bond acceptors (Lipinski definition) is 5. The number of carbonyl (C=O) groups excluding carboxylic acids is 2. The summed E-state index contributed by atoms with van der Waals surface area (Å²) in [5.41, 5.74) is 6.92. The van der Waals surface area contributed by atoms with E-state index in [9.17, 15) is 9.59 Å². The van der Waals surface area contributed by atoms with Crippen LogP contribution in [0.2, 0.25) is 0 Å². The van der Waals surface area contributed by atoms with Crippen molar-refractivity contribution in [3.8, 4) is 0 Å². The van der Waals surface area contributed by atoms with Gasteiger partial charge in [-0.3, -0.25) is 14.6 Å². The SMILES string of the molecule is CC(C)c1ccc(C2CC3C(=O)N(CCC(=O)NCc4ccncc4)C=CN3N2)cc1. The zero-order valence-electron chi connectivity index (χ0n) is 18.0. The normalized spacial score (nSPS) is 20.3. The molecule has 3 heterocycles. The first-order valence-corrected chi connectivity index (χ1v) is 10.8. The van der Waals surface area contributed by atoms with Crippen LogP contribution in [0.15, 0.2) is 61.2 Å². The van der Waals surface area contributed by atoms with Crippen molar-refractivity contribution in [3.63, 3.8) is 0 Å². The zero-order valence-corrected chi connectivity index (χ0v) is 18.0. The molecule has 4 rings (SSSR count). The molecule has 7 heteroatoms. The summed E-state index contributed by atoms with van der Waals surface area (Å²) in [7, 11) is 0. The summed E-state index contributed by atoms with van der Waals surface area (Å²) >= 11 is 0. The number of fused-ring (bicyclic) bond motifs is 1. The van der Waals surface area contributed by atoms with Crippen molar-refractivity contribution >= 4 is 11.8 Å². The van der Waals surface area contributed by atoms with Gasteiger partial charge in [0.05, 0.1) is 6.04 Å². The van der Waals surface area contributed by atoms with Crippen molar-refractivity contribution < 1.29 is 9.59 Å². The minimum atomic E-state index is -0.250. The van der Waals surface area contributed by atoms with Crippen LogP contribution >= 0.6 is 0 Å². The first kappa shape index (κ1) is 21.1. The summed E-state index contributed by atoms with van der Waals surface area (Å²) in [5.74, 6) is 0.447. The number of nitrogens with one attached hydrogen (secondary N) is 2. The number of hydrogen-bond donors (Lipinski definition) is 2. The monoisotopic (exact) mass is 419 g/mol. The molecule has 7 nitrogen and oxygen atoms in total. The van der Waals surface area contributed by atoms with E-state index < -0.39 is 0 Å². The van der Waals surface area contributed by atoms with Crippen molar-refractivity contribution in [2.75, 3.05) is 6.54 Å². The van der Waals surface area contributed by atoms with Crippen molar-refractivity contribution in [2.24, 2.45) is 0 Å². The molecule has 2 aromatic rings. The molecule has 31 heavy (non-hydrogen) atoms. The molecule has 1 fully saturated rings. The molecule has 2 aliphatic rings. The number of nitrogens with zero attached hydrogens (tertiary/aromatic N) is 3. The van der Waals surface area contributed by atoms with E-state index in [1.165, 1.54) is 11.1 Å². The molecule has 0 saturated carbocycles. The topological polar surface area (TPSA) is 77.6 Å². The highest BCUT2D eigenvalue weighted by atomic mass is 16.2. The lowest BCUT2D eigenvalue weighted by Gasteiger charge is -2.31. The zero-order chi connectivity index (χ0) is 21.8. The van der Waals surface area contributed by atoms with Gasteiger partial charge >= 0.3 is 0 Å². The first-order valence-electron chi connectivity index (χ1n) is 10.8. The van der Waals surface area contributed by atoms with Crippen molar-refractivity contribution in [1.82, 2.24) is 25.6 Å². The Morgan fingerprint density at radius 3 is 2.61 bits per heavy atom. The quantitative estimate of drug-likeness (QED) is 0.722. The van der Waals surface area contributed by atoms with Crippen LogP contribution < -0.4 is 10.7 Å². The van der Waals surface area contributed by atoms with Crippen LogP contribution in [0.1, 0.15) is 55.3 Å². The third kappa shape index (κ3) is 4.94. The summed E-state index contributed by atoms with van der Waals surface area (Å²) in [4.78, 5) is 30.8. The molecule has 1 aromatic carbocycles. The van der Waals surface area contributed by atoms with Gasteiger partial charge in [0.15, 0.2) is 0 Å². The molecule has 1 aromatic heterocycles. The molecule has 0 spiro atoms. The van der Waals surface area contributed by atoms with E-state index in [0.29, 0.717) is 25.4 Å². The molecule has 2 amide bonds. The molecular weight excluding hydrogens is 390 g/mol. The fourth-order valence-electron chi connectivity index (χ4n) is 3.96. The van der Waals surface area contributed by atoms with Crippen LogP contribution in [0.5, 0.6) is 0 Å². The largest absolute Gasteiger partial charge is 0.352 e. The van der Waals surface area contributed by atoms with Crippen LogP contribution in [0, 0.1) is 0 Å². The van der Waals surface area contributed by atoms with Gasteiger partial charge in [-0.25, -0.2) is 5.43 Å². The van der Waals surface area contributed by atoms with Crippen LogP contribution in [0.4, 0.5) is 0 Å². The average molecular weight is 420 g/mol. The Hall–Kier alpha value is -3.19. The highest BCUT2D eigenvalue weighted by molar-refractivity contribution is 5.85. The van der Waals surface area contributed by atoms with E-state index in [1.54, 1.807) is 23.5 Å². The molecule has 2 aliphatic heterocycles. The number of amides is 2. The second kappa shape index (κ2) is 9.31. The Morgan fingerprint density at radius 2 is 1.90 bits per heavy atom. The summed E-state index contributed by atoms with van der Waals surface area (Å²) in [5, 5.41) is 4.78. The van der Waals surface area contributed by atoms with Crippen molar-refractivity contribution in [2.45, 2.75) is 51.2 Å². The number of rotatable bonds is 7. The molecule has 0 aliphatic carbocycles. The van der Waals surface area contributed by atoms with Gasteiger partial charge in [0.25, 0.3) is 5.91 Å². The smallest absolute Gasteiger partial charge is 0.250 e. The lowest BCUT2D eigenvalue weighted by Crippen LogP contribution is -2.48. The highest BCUT2D eigenvalue weighted by Gasteiger charge is 2.39. The molecule has 162 valence electrons. The lowest BCUT2D eigenvalue weighted by atomic mass is 9.97. The fraction of sp³-hybridized carbons (Fsp3) is 0.375. The van der Waals surface area contributed by atoms with E-state index >= 15 is 0 Å². The Bertz CT molecular complexity index is 942. The molecule has 2 atom stereocenters. The minimum Gasteiger partial charge on any atom is -0.352 e. The van der Waals surface area contributed by atoms with Gasteiger partial charge < -0.3 is 15.2 Å². The maximum atomic E-state index is 13.0. The van der Waals surface area contributed by atoms with Crippen molar-refractivity contribution in [1.29, 1.82) is 0 Å². The predicted octanol–water partition coefficient (Wildman–Crippen LogP) is 2.84. The second-order valence-electron chi connectivity index (χ2n) is 8.37. The number of benzene rings is 1. The Balaban J connectivity index is 1.29. The molecular formula is C24H29N5O2. The van der Waals surface area contributed by atoms with Gasteiger partial charge in [0, 0.05) is 44.3 Å². The number of aromatic nitrogens is 1. The van der Waals surface area contributed by atoms with Crippen LogP contribution in [-0.2, 0) is 16.1 Å². The Morgan fingerprint density at radius 1 is 1.16 bits per heavy atom. The first-order chi connectivity index (χ1) is 15.0. The molecule has 2 unspecified atom stereocenters. The predicted molar refractivity (Wildman–Crippen MR) is 118 cm³/mol. The summed E-state index contributed by atoms with van der Waals surface area (Å²) < 4.78 is 0. The van der Waals surface area contributed by atoms with E-state index in [0.717, 1.165) is 5.56 Å². The van der Waals surface area contributed by atoms with Crippen LogP contribution in [-0.4, -0.2) is 39.3 Å². The van der Waals surface area contributed by atoms with E-state index in [-0.39, 0.29) is 30.3 Å². The maximum absolute atomic E-state index is 13.0. The average Bonchev–Trinajstić information content (AvgIpc) is 3.23. The van der Waals surface area contributed by atoms with E-state index in [2.05, 4.69) is 53.8 Å². The van der Waals surface area contributed by atoms with E-state index in [1.807, 2.05) is 23.3 Å². The number of pyridine rings is 1. The van der Waals surface area contributed by atoms with Crippen LogP contribution in [0.25, 0.3) is 0 Å². The van der Waals surface area contributed by atoms with Gasteiger partial charge in [-0.15, -0.1) is 0 Å². The minimum absolute atomic E-state index is 0.0261. The fourth-order valence-corrected chi connectivity index (χ4v) is 3.96. The van der Waals surface area contributed by atoms with Gasteiger partial charge in [0.1, 0.15) is 6.04 Å². The van der Waals surface area contributed by atoms with Crippen LogP contribution in [0.3, 0.4) is 0 Å². The molecule has 2 N–H and O–H groups in total. The highest BCUT2D eigenvalue weighted by Crippen LogP contribution is 2.31. The summed E-state index contributed by atoms with van der Waals surface area (Å²) in [6.07, 6.45) is 8.02. The third-order valence-corrected chi connectivity index (χ3v) is 5.90. The number of carbonyl (C=O) groups is 2. The van der Waals surface area contributed by atoms with Gasteiger partial charge in [0.2, 0.25) is 5.91 Å². The lowest BCUT2D eigenvalue weighted by molar-refractivity contribution is -0.134. The molecule has 1 saturated heterocycles. The molecule has 0 radical (unpaired) electrons. The van der Waals surface area contributed by atoms with Gasteiger partial charge in [-0.1, -0.05) is 38.1 Å². The van der Waals surface area contributed by atoms with E-state index in [4.69, 9.17) is 0 Å². The molecule has 0 bridgehead atoms. The second-order valence-corrected chi connectivity index (χ2v) is 8.37. The number of hydrazine groups is 1. The summed E-state index contributed by atoms with van der Waals surface area (Å²) in [6, 6.07) is 12.2. The maximum Gasteiger partial charge on any atom is 0.250 e. The van der Waals surface area contributed by atoms with Crippen molar-refractivity contribution in [3.05, 3.63) is 77.9 Å². The Kier molecular flexibility index (Phi) is 6.32. The van der Waals surface area contributed by atoms with Gasteiger partial charge in [-0.2, -0.15) is 0 Å². The summed E-state index contributed by atoms with van der Waals surface area (Å²) in [6.45, 7) is 5.19.